The summed E-state index contributed by atoms with van der Waals surface area (Å²) in [7, 11) is 0. The second-order valence-corrected chi connectivity index (χ2v) is 7.20. The first-order chi connectivity index (χ1) is 12.0. The average Bonchev–Trinajstić information content (AvgIpc) is 2.93. The number of anilines is 1. The van der Waals surface area contributed by atoms with Crippen LogP contribution in [0.1, 0.15) is 12.5 Å². The van der Waals surface area contributed by atoms with E-state index in [1.807, 2.05) is 37.3 Å². The van der Waals surface area contributed by atoms with Gasteiger partial charge < -0.3 is 4.90 Å². The van der Waals surface area contributed by atoms with Crippen molar-refractivity contribution in [3.63, 3.8) is 0 Å². The van der Waals surface area contributed by atoms with Crippen molar-refractivity contribution >= 4 is 38.4 Å². The van der Waals surface area contributed by atoms with Gasteiger partial charge >= 0.3 is 0 Å². The van der Waals surface area contributed by atoms with Crippen LogP contribution in [-0.2, 0) is 17.8 Å². The third-order valence-corrected chi connectivity index (χ3v) is 5.06. The van der Waals surface area contributed by atoms with Crippen molar-refractivity contribution in [1.29, 1.82) is 0 Å². The third kappa shape index (κ3) is 2.76. The van der Waals surface area contributed by atoms with E-state index < -0.39 is 0 Å². The predicted octanol–water partition coefficient (Wildman–Crippen LogP) is 3.14. The van der Waals surface area contributed by atoms with Crippen LogP contribution in [-0.4, -0.2) is 21.5 Å². The molecule has 1 aliphatic rings. The standard InChI is InChI=1S/C19H16BrN3O2/c1-12-8-13-4-2-3-5-17(13)23(12)18(24)10-22-11-21-16-7-6-14(20)9-15(16)19(22)25/h2-7,9,11-12H,8,10H2,1H3. The summed E-state index contributed by atoms with van der Waals surface area (Å²) in [6.45, 7) is 2.00. The van der Waals surface area contributed by atoms with Crippen molar-refractivity contribution in [3.8, 4) is 0 Å². The molecule has 1 amide bonds. The molecule has 0 fully saturated rings. The Labute approximate surface area is 153 Å². The maximum Gasteiger partial charge on any atom is 0.261 e. The number of rotatable bonds is 2. The van der Waals surface area contributed by atoms with Gasteiger partial charge in [-0.1, -0.05) is 34.1 Å². The molecule has 1 aromatic heterocycles. The van der Waals surface area contributed by atoms with Gasteiger partial charge in [-0.05, 0) is 43.2 Å². The molecule has 25 heavy (non-hydrogen) atoms. The zero-order valence-corrected chi connectivity index (χ0v) is 15.2. The van der Waals surface area contributed by atoms with Gasteiger partial charge in [0.05, 0.1) is 17.2 Å². The number of benzene rings is 2. The van der Waals surface area contributed by atoms with E-state index in [1.54, 1.807) is 17.0 Å². The monoisotopic (exact) mass is 397 g/mol. The number of nitrogens with zero attached hydrogens (tertiary/aromatic N) is 3. The van der Waals surface area contributed by atoms with Crippen molar-refractivity contribution in [2.24, 2.45) is 0 Å². The highest BCUT2D eigenvalue weighted by atomic mass is 79.9. The first-order valence-corrected chi connectivity index (χ1v) is 8.88. The van der Waals surface area contributed by atoms with Gasteiger partial charge in [0.1, 0.15) is 6.54 Å². The zero-order valence-electron chi connectivity index (χ0n) is 13.6. The highest BCUT2D eigenvalue weighted by Gasteiger charge is 2.30. The van der Waals surface area contributed by atoms with Gasteiger partial charge in [0.25, 0.3) is 5.56 Å². The van der Waals surface area contributed by atoms with E-state index in [1.165, 1.54) is 10.9 Å². The SMILES string of the molecule is CC1Cc2ccccc2N1C(=O)Cn1cnc2ccc(Br)cc2c1=O. The highest BCUT2D eigenvalue weighted by molar-refractivity contribution is 9.10. The molecule has 2 aromatic carbocycles. The van der Waals surface area contributed by atoms with Gasteiger partial charge in [0.15, 0.2) is 0 Å². The lowest BCUT2D eigenvalue weighted by Gasteiger charge is -2.23. The van der Waals surface area contributed by atoms with E-state index in [2.05, 4.69) is 20.9 Å². The maximum absolute atomic E-state index is 12.9. The number of halogens is 1. The second kappa shape index (κ2) is 6.11. The first-order valence-electron chi connectivity index (χ1n) is 8.09. The molecule has 0 N–H and O–H groups in total. The molecule has 0 bridgehead atoms. The zero-order chi connectivity index (χ0) is 17.6. The van der Waals surface area contributed by atoms with Gasteiger partial charge in [-0.25, -0.2) is 4.98 Å². The van der Waals surface area contributed by atoms with E-state index in [0.29, 0.717) is 10.9 Å². The first kappa shape index (κ1) is 16.0. The number of amides is 1. The van der Waals surface area contributed by atoms with Crippen molar-refractivity contribution in [1.82, 2.24) is 9.55 Å². The molecule has 0 radical (unpaired) electrons. The van der Waals surface area contributed by atoms with Gasteiger partial charge in [-0.2, -0.15) is 0 Å². The highest BCUT2D eigenvalue weighted by Crippen LogP contribution is 2.31. The normalized spacial score (nSPS) is 16.2. The van der Waals surface area contributed by atoms with Crippen LogP contribution in [0, 0.1) is 0 Å². The number of aromatic nitrogens is 2. The fourth-order valence-corrected chi connectivity index (χ4v) is 3.77. The smallest absolute Gasteiger partial charge is 0.261 e. The van der Waals surface area contributed by atoms with Crippen LogP contribution in [0.25, 0.3) is 10.9 Å². The molecule has 0 aliphatic carbocycles. The Morgan fingerprint density at radius 1 is 1.28 bits per heavy atom. The molecule has 0 spiro atoms. The van der Waals surface area contributed by atoms with Crippen LogP contribution in [0.2, 0.25) is 0 Å². The molecular formula is C19H16BrN3O2. The molecule has 5 nitrogen and oxygen atoms in total. The Morgan fingerprint density at radius 3 is 2.92 bits per heavy atom. The van der Waals surface area contributed by atoms with Crippen molar-refractivity contribution in [3.05, 3.63) is 69.2 Å². The summed E-state index contributed by atoms with van der Waals surface area (Å²) >= 11 is 3.37. The molecule has 0 saturated carbocycles. The Hall–Kier alpha value is -2.47. The van der Waals surface area contributed by atoms with Gasteiger partial charge in [-0.15, -0.1) is 0 Å². The molecule has 2 heterocycles. The minimum atomic E-state index is -0.209. The summed E-state index contributed by atoms with van der Waals surface area (Å²) in [6.07, 6.45) is 2.28. The van der Waals surface area contributed by atoms with Crippen molar-refractivity contribution in [2.45, 2.75) is 25.9 Å². The molecule has 3 aromatic rings. The third-order valence-electron chi connectivity index (χ3n) is 4.57. The lowest BCUT2D eigenvalue weighted by atomic mass is 10.1. The van der Waals surface area contributed by atoms with E-state index in [4.69, 9.17) is 0 Å². The summed E-state index contributed by atoms with van der Waals surface area (Å²) in [5.41, 5.74) is 2.51. The van der Waals surface area contributed by atoms with Crippen LogP contribution in [0.3, 0.4) is 0 Å². The summed E-state index contributed by atoms with van der Waals surface area (Å²) in [5.74, 6) is -0.101. The number of hydrogen-bond donors (Lipinski definition) is 0. The van der Waals surface area contributed by atoms with E-state index in [9.17, 15) is 9.59 Å². The van der Waals surface area contributed by atoms with Crippen molar-refractivity contribution in [2.75, 3.05) is 4.90 Å². The fraction of sp³-hybridized carbons (Fsp3) is 0.211. The van der Waals surface area contributed by atoms with Crippen LogP contribution in [0.15, 0.2) is 58.1 Å². The molecular weight excluding hydrogens is 382 g/mol. The molecule has 126 valence electrons. The lowest BCUT2D eigenvalue weighted by molar-refractivity contribution is -0.119. The maximum atomic E-state index is 12.9. The Bertz CT molecular complexity index is 1040. The summed E-state index contributed by atoms with van der Waals surface area (Å²) in [5, 5.41) is 0.500. The topological polar surface area (TPSA) is 55.2 Å². The number of hydrogen-bond acceptors (Lipinski definition) is 3. The number of fused-ring (bicyclic) bond motifs is 2. The second-order valence-electron chi connectivity index (χ2n) is 6.28. The van der Waals surface area contributed by atoms with Gasteiger partial charge in [0.2, 0.25) is 5.91 Å². The van der Waals surface area contributed by atoms with Crippen LogP contribution in [0.5, 0.6) is 0 Å². The van der Waals surface area contributed by atoms with E-state index in [-0.39, 0.29) is 24.1 Å². The van der Waals surface area contributed by atoms with E-state index in [0.717, 1.165) is 22.1 Å². The number of carbonyl (C=O) groups excluding carboxylic acids is 1. The van der Waals surface area contributed by atoms with Crippen molar-refractivity contribution < 1.29 is 4.79 Å². The lowest BCUT2D eigenvalue weighted by Crippen LogP contribution is -2.40. The largest absolute Gasteiger partial charge is 0.307 e. The molecule has 1 unspecified atom stereocenters. The summed E-state index contributed by atoms with van der Waals surface area (Å²) in [4.78, 5) is 31.6. The Balaban J connectivity index is 1.69. The molecule has 4 rings (SSSR count). The molecule has 6 heteroatoms. The predicted molar refractivity (Wildman–Crippen MR) is 101 cm³/mol. The Morgan fingerprint density at radius 2 is 2.08 bits per heavy atom. The fourth-order valence-electron chi connectivity index (χ4n) is 3.41. The van der Waals surface area contributed by atoms with Crippen LogP contribution in [0.4, 0.5) is 5.69 Å². The quantitative estimate of drug-likeness (QED) is 0.667. The summed E-state index contributed by atoms with van der Waals surface area (Å²) < 4.78 is 2.19. The summed E-state index contributed by atoms with van der Waals surface area (Å²) in [6, 6.07) is 13.4. The van der Waals surface area contributed by atoms with E-state index >= 15 is 0 Å². The average molecular weight is 398 g/mol. The Kier molecular flexibility index (Phi) is 3.92. The van der Waals surface area contributed by atoms with Crippen LogP contribution >= 0.6 is 15.9 Å². The van der Waals surface area contributed by atoms with Gasteiger partial charge in [0, 0.05) is 16.2 Å². The number of carbonyl (C=O) groups is 1. The number of para-hydroxylation sites is 1. The minimum absolute atomic E-state index is 0.0209. The van der Waals surface area contributed by atoms with Crippen LogP contribution < -0.4 is 10.5 Å². The van der Waals surface area contributed by atoms with Gasteiger partial charge in [-0.3, -0.25) is 14.2 Å². The molecule has 0 saturated heterocycles. The molecule has 1 atom stereocenters. The molecule has 1 aliphatic heterocycles. The minimum Gasteiger partial charge on any atom is -0.307 e.